The summed E-state index contributed by atoms with van der Waals surface area (Å²) in [4.78, 5) is -1.53. The monoisotopic (exact) mass is 425 g/mol. The molecule has 2 atom stereocenters. The van der Waals surface area contributed by atoms with Crippen LogP contribution in [0, 0.1) is 0 Å². The van der Waals surface area contributed by atoms with Gasteiger partial charge in [-0.1, -0.05) is 0 Å². The minimum absolute atomic E-state index is 0.136. The molecule has 154 valence electrons. The summed E-state index contributed by atoms with van der Waals surface area (Å²) >= 11 is 0. The first kappa shape index (κ1) is 21.7. The normalized spacial score (nSPS) is 23.5. The van der Waals surface area contributed by atoms with Gasteiger partial charge in [0, 0.05) is 5.56 Å². The number of hydrogen-bond acceptors (Lipinski definition) is 5. The van der Waals surface area contributed by atoms with Crippen LogP contribution in [0.25, 0.3) is 0 Å². The summed E-state index contributed by atoms with van der Waals surface area (Å²) in [7, 11) is -6.48. The molecule has 0 amide bonds. The van der Waals surface area contributed by atoms with Crippen LogP contribution in [0.2, 0.25) is 0 Å². The standard InChI is InChI=1S/C14H14F7NO4S/c1-11(2)10(23)9(22)7-5-6(3-4-8(7)26-11)27(24,25)14(20,21)12(15,16)13(17,18)19/h3-5,9-10,23H,22H2,1-2H3. The molecule has 0 aliphatic carbocycles. The van der Waals surface area contributed by atoms with E-state index in [0.29, 0.717) is 12.1 Å². The number of sulfone groups is 1. The first-order valence-corrected chi connectivity index (χ1v) is 8.70. The second-order valence-electron chi connectivity index (χ2n) is 6.47. The van der Waals surface area contributed by atoms with E-state index < -0.39 is 49.8 Å². The predicted octanol–water partition coefficient (Wildman–Crippen LogP) is 2.78. The van der Waals surface area contributed by atoms with Crippen molar-refractivity contribution >= 4 is 9.84 Å². The number of aliphatic hydroxyl groups excluding tert-OH is 1. The van der Waals surface area contributed by atoms with Crippen LogP contribution < -0.4 is 10.5 Å². The van der Waals surface area contributed by atoms with Crippen molar-refractivity contribution in [3.05, 3.63) is 23.8 Å². The number of nitrogens with two attached hydrogens (primary N) is 1. The minimum atomic E-state index is -6.84. The molecule has 5 nitrogen and oxygen atoms in total. The topological polar surface area (TPSA) is 89.6 Å². The molecule has 0 bridgehead atoms. The Morgan fingerprint density at radius 3 is 2.11 bits per heavy atom. The zero-order chi connectivity index (χ0) is 21.2. The summed E-state index contributed by atoms with van der Waals surface area (Å²) in [5, 5.41) is 3.54. The van der Waals surface area contributed by atoms with Crippen molar-refractivity contribution in [2.45, 2.75) is 53.8 Å². The van der Waals surface area contributed by atoms with Gasteiger partial charge >= 0.3 is 17.4 Å². The molecule has 0 aromatic heterocycles. The Labute approximate surface area is 148 Å². The third-order valence-electron chi connectivity index (χ3n) is 4.14. The predicted molar refractivity (Wildman–Crippen MR) is 77.2 cm³/mol. The van der Waals surface area contributed by atoms with Crippen LogP contribution in [0.1, 0.15) is 25.5 Å². The Balaban J connectivity index is 2.60. The van der Waals surface area contributed by atoms with Crippen molar-refractivity contribution in [2.75, 3.05) is 0 Å². The molecule has 0 saturated carbocycles. The fourth-order valence-electron chi connectivity index (χ4n) is 2.48. The lowest BCUT2D eigenvalue weighted by atomic mass is 9.87. The maximum absolute atomic E-state index is 13.7. The summed E-state index contributed by atoms with van der Waals surface area (Å²) in [6, 6.07) is 0.205. The third-order valence-corrected chi connectivity index (χ3v) is 5.94. The fraction of sp³-hybridized carbons (Fsp3) is 0.571. The summed E-state index contributed by atoms with van der Waals surface area (Å²) in [6.45, 7) is 2.84. The molecule has 0 saturated heterocycles. The Hall–Kier alpha value is -1.60. The lowest BCUT2D eigenvalue weighted by Crippen LogP contribution is -2.56. The van der Waals surface area contributed by atoms with E-state index in [1.165, 1.54) is 13.8 Å². The maximum atomic E-state index is 13.7. The molecule has 1 aromatic rings. The largest absolute Gasteiger partial charge is 0.485 e. The maximum Gasteiger partial charge on any atom is 0.461 e. The molecule has 3 N–H and O–H groups in total. The summed E-state index contributed by atoms with van der Waals surface area (Å²) in [5.41, 5.74) is 4.11. The molecule has 1 aliphatic heterocycles. The van der Waals surface area contributed by atoms with Crippen LogP contribution in [-0.2, 0) is 9.84 Å². The summed E-state index contributed by atoms with van der Waals surface area (Å²) < 4.78 is 120. The third kappa shape index (κ3) is 3.05. The SMILES string of the molecule is CC1(C)Oc2ccc(S(=O)(=O)C(F)(F)C(F)(F)C(F)(F)F)cc2C(N)C1O. The molecule has 1 aromatic carbocycles. The van der Waals surface area contributed by atoms with Crippen LogP contribution in [0.3, 0.4) is 0 Å². The van der Waals surface area contributed by atoms with Gasteiger partial charge in [0.05, 0.1) is 10.9 Å². The van der Waals surface area contributed by atoms with E-state index in [4.69, 9.17) is 10.5 Å². The van der Waals surface area contributed by atoms with E-state index in [0.717, 1.165) is 6.07 Å². The Bertz CT molecular complexity index is 852. The highest BCUT2D eigenvalue weighted by atomic mass is 32.2. The van der Waals surface area contributed by atoms with Crippen LogP contribution in [0.15, 0.2) is 23.1 Å². The summed E-state index contributed by atoms with van der Waals surface area (Å²) in [6.07, 6.45) is -8.25. The quantitative estimate of drug-likeness (QED) is 0.727. The van der Waals surface area contributed by atoms with Crippen molar-refractivity contribution in [2.24, 2.45) is 5.73 Å². The highest BCUT2D eigenvalue weighted by Crippen LogP contribution is 2.51. The van der Waals surface area contributed by atoms with Gasteiger partial charge in [0.15, 0.2) is 0 Å². The van der Waals surface area contributed by atoms with Gasteiger partial charge in [-0.2, -0.15) is 30.7 Å². The average Bonchev–Trinajstić information content (AvgIpc) is 2.50. The minimum Gasteiger partial charge on any atom is -0.485 e. The number of halogens is 7. The van der Waals surface area contributed by atoms with E-state index in [-0.39, 0.29) is 11.3 Å². The first-order valence-electron chi connectivity index (χ1n) is 7.21. The molecule has 0 spiro atoms. The highest BCUT2D eigenvalue weighted by molar-refractivity contribution is 7.92. The van der Waals surface area contributed by atoms with Gasteiger partial charge in [-0.05, 0) is 32.0 Å². The molecular weight excluding hydrogens is 411 g/mol. The molecular formula is C14H14F7NO4S. The van der Waals surface area contributed by atoms with E-state index >= 15 is 0 Å². The van der Waals surface area contributed by atoms with Gasteiger partial charge in [0.2, 0.25) is 9.84 Å². The first-order chi connectivity index (χ1) is 11.9. The van der Waals surface area contributed by atoms with Crippen LogP contribution in [0.5, 0.6) is 5.75 Å². The van der Waals surface area contributed by atoms with Gasteiger partial charge in [-0.3, -0.25) is 0 Å². The number of benzene rings is 1. The van der Waals surface area contributed by atoms with E-state index in [1.807, 2.05) is 0 Å². The zero-order valence-electron chi connectivity index (χ0n) is 13.7. The van der Waals surface area contributed by atoms with Crippen molar-refractivity contribution < 1.29 is 49.0 Å². The average molecular weight is 425 g/mol. The molecule has 0 fully saturated rings. The number of hydrogen-bond donors (Lipinski definition) is 2. The smallest absolute Gasteiger partial charge is 0.461 e. The molecule has 27 heavy (non-hydrogen) atoms. The van der Waals surface area contributed by atoms with Crippen LogP contribution >= 0.6 is 0 Å². The van der Waals surface area contributed by atoms with Gasteiger partial charge in [-0.15, -0.1) is 0 Å². The Kier molecular flexibility index (Phi) is 4.78. The second-order valence-corrected chi connectivity index (χ2v) is 8.46. The van der Waals surface area contributed by atoms with E-state index in [1.54, 1.807) is 0 Å². The van der Waals surface area contributed by atoms with Crippen LogP contribution in [-0.4, -0.2) is 42.6 Å². The lowest BCUT2D eigenvalue weighted by Gasteiger charge is -2.40. The second kappa shape index (κ2) is 5.95. The molecule has 0 radical (unpaired) electrons. The molecule has 2 unspecified atom stereocenters. The number of fused-ring (bicyclic) bond motifs is 1. The highest BCUT2D eigenvalue weighted by Gasteiger charge is 2.78. The fourth-order valence-corrected chi connectivity index (χ4v) is 3.75. The van der Waals surface area contributed by atoms with Crippen LogP contribution in [0.4, 0.5) is 30.7 Å². The van der Waals surface area contributed by atoms with Gasteiger partial charge in [0.25, 0.3) is 0 Å². The zero-order valence-corrected chi connectivity index (χ0v) is 14.5. The molecule has 1 heterocycles. The van der Waals surface area contributed by atoms with Crippen molar-refractivity contribution in [1.82, 2.24) is 0 Å². The Morgan fingerprint density at radius 2 is 1.63 bits per heavy atom. The molecule has 2 rings (SSSR count). The number of ether oxygens (including phenoxy) is 1. The number of aliphatic hydroxyl groups is 1. The lowest BCUT2D eigenvalue weighted by molar-refractivity contribution is -0.332. The van der Waals surface area contributed by atoms with E-state index in [9.17, 15) is 44.3 Å². The van der Waals surface area contributed by atoms with E-state index in [2.05, 4.69) is 0 Å². The van der Waals surface area contributed by atoms with Gasteiger partial charge in [0.1, 0.15) is 17.5 Å². The van der Waals surface area contributed by atoms with Crippen molar-refractivity contribution in [1.29, 1.82) is 0 Å². The number of alkyl halides is 7. The number of rotatable bonds is 3. The van der Waals surface area contributed by atoms with Gasteiger partial charge < -0.3 is 15.6 Å². The molecule has 1 aliphatic rings. The van der Waals surface area contributed by atoms with Crippen molar-refractivity contribution in [3.8, 4) is 5.75 Å². The van der Waals surface area contributed by atoms with Crippen molar-refractivity contribution in [3.63, 3.8) is 0 Å². The van der Waals surface area contributed by atoms with Gasteiger partial charge in [-0.25, -0.2) is 8.42 Å². The molecule has 13 heteroatoms. The summed E-state index contributed by atoms with van der Waals surface area (Å²) in [5.74, 6) is -6.97. The Morgan fingerprint density at radius 1 is 1.11 bits per heavy atom.